The number of nitrogens with one attached hydrogen (secondary N) is 1. The van der Waals surface area contributed by atoms with Gasteiger partial charge >= 0.3 is 0 Å². The molecule has 2 aromatic rings. The molecular weight excluding hydrogens is 324 g/mol. The highest BCUT2D eigenvalue weighted by Gasteiger charge is 2.19. The Kier molecular flexibility index (Phi) is 5.53. The average Bonchev–Trinajstić information content (AvgIpc) is 2.61. The largest absolute Gasteiger partial charge is 0.497 e. The summed E-state index contributed by atoms with van der Waals surface area (Å²) in [7, 11) is 3.12. The molecule has 0 aliphatic carbocycles. The number of nitro groups is 1. The van der Waals surface area contributed by atoms with Gasteiger partial charge in [0, 0.05) is 18.8 Å². The summed E-state index contributed by atoms with van der Waals surface area (Å²) in [6.45, 7) is -0.0846. The number of ether oxygens (including phenoxy) is 1. The van der Waals surface area contributed by atoms with Gasteiger partial charge in [-0.3, -0.25) is 14.9 Å². The third kappa shape index (κ3) is 4.45. The van der Waals surface area contributed by atoms with Crippen LogP contribution in [0.4, 0.5) is 17.1 Å². The number of hydrogen-bond acceptors (Lipinski definition) is 6. The lowest BCUT2D eigenvalue weighted by molar-refractivity contribution is -0.384. The number of nitrogens with zero attached hydrogens (tertiary/aromatic N) is 3. The lowest BCUT2D eigenvalue weighted by atomic mass is 10.1. The Hall–Kier alpha value is -3.60. The van der Waals surface area contributed by atoms with E-state index in [-0.39, 0.29) is 29.4 Å². The lowest BCUT2D eigenvalue weighted by Gasteiger charge is -2.18. The summed E-state index contributed by atoms with van der Waals surface area (Å²) in [5, 5.41) is 22.8. The SMILES string of the molecule is COc1ccc(NC(=O)CN(C)c2ccc(C#N)cc2[N+](=O)[O-])cc1. The van der Waals surface area contributed by atoms with Gasteiger partial charge in [0.05, 0.1) is 30.2 Å². The molecule has 0 unspecified atom stereocenters. The van der Waals surface area contributed by atoms with Crippen molar-refractivity contribution < 1.29 is 14.5 Å². The molecule has 0 aliphatic heterocycles. The molecule has 128 valence electrons. The van der Waals surface area contributed by atoms with Crippen LogP contribution in [0.3, 0.4) is 0 Å². The Morgan fingerprint density at radius 1 is 1.32 bits per heavy atom. The van der Waals surface area contributed by atoms with Crippen molar-refractivity contribution in [2.24, 2.45) is 0 Å². The highest BCUT2D eigenvalue weighted by atomic mass is 16.6. The fourth-order valence-corrected chi connectivity index (χ4v) is 2.24. The van der Waals surface area contributed by atoms with E-state index in [1.54, 1.807) is 38.4 Å². The van der Waals surface area contributed by atoms with Crippen LogP contribution < -0.4 is 15.0 Å². The first-order valence-corrected chi connectivity index (χ1v) is 7.28. The molecule has 0 saturated heterocycles. The van der Waals surface area contributed by atoms with Crippen LogP contribution in [0.1, 0.15) is 5.56 Å². The van der Waals surface area contributed by atoms with E-state index in [4.69, 9.17) is 10.00 Å². The topological polar surface area (TPSA) is 108 Å². The van der Waals surface area contributed by atoms with Crippen LogP contribution in [0.2, 0.25) is 0 Å². The van der Waals surface area contributed by atoms with Gasteiger partial charge in [0.25, 0.3) is 5.69 Å². The first kappa shape index (κ1) is 17.7. The van der Waals surface area contributed by atoms with Gasteiger partial charge in [-0.25, -0.2) is 0 Å². The van der Waals surface area contributed by atoms with Crippen LogP contribution >= 0.6 is 0 Å². The molecule has 1 N–H and O–H groups in total. The van der Waals surface area contributed by atoms with Gasteiger partial charge in [-0.1, -0.05) is 0 Å². The van der Waals surface area contributed by atoms with Gasteiger partial charge in [-0.2, -0.15) is 5.26 Å². The standard InChI is InChI=1S/C17H16N4O4/c1-20(15-8-3-12(10-18)9-16(15)21(23)24)11-17(22)19-13-4-6-14(25-2)7-5-13/h3-9H,11H2,1-2H3,(H,19,22). The maximum atomic E-state index is 12.1. The van der Waals surface area contributed by atoms with Crippen LogP contribution in [0.25, 0.3) is 0 Å². The maximum Gasteiger partial charge on any atom is 0.293 e. The number of rotatable bonds is 6. The molecule has 1 amide bonds. The Balaban J connectivity index is 2.10. The zero-order chi connectivity index (χ0) is 18.4. The Morgan fingerprint density at radius 3 is 2.56 bits per heavy atom. The Labute approximate surface area is 144 Å². The van der Waals surface area contributed by atoms with E-state index < -0.39 is 4.92 Å². The van der Waals surface area contributed by atoms with Gasteiger partial charge in [-0.15, -0.1) is 0 Å². The summed E-state index contributed by atoms with van der Waals surface area (Å²) in [6.07, 6.45) is 0. The van der Waals surface area contributed by atoms with Crippen LogP contribution in [-0.2, 0) is 4.79 Å². The van der Waals surface area contributed by atoms with Crippen molar-refractivity contribution in [2.75, 3.05) is 30.9 Å². The van der Waals surface area contributed by atoms with Gasteiger partial charge < -0.3 is 15.0 Å². The minimum atomic E-state index is -0.575. The summed E-state index contributed by atoms with van der Waals surface area (Å²) >= 11 is 0. The quantitative estimate of drug-likeness (QED) is 0.639. The first-order chi connectivity index (χ1) is 11.9. The predicted molar refractivity (Wildman–Crippen MR) is 92.7 cm³/mol. The predicted octanol–water partition coefficient (Wildman–Crippen LogP) is 2.55. The summed E-state index contributed by atoms with van der Waals surface area (Å²) in [4.78, 5) is 24.2. The zero-order valence-corrected chi connectivity index (χ0v) is 13.7. The van der Waals surface area contributed by atoms with Crippen molar-refractivity contribution in [1.82, 2.24) is 0 Å². The number of methoxy groups -OCH3 is 1. The lowest BCUT2D eigenvalue weighted by Crippen LogP contribution is -2.30. The third-order valence-electron chi connectivity index (χ3n) is 3.47. The molecule has 2 rings (SSSR count). The molecule has 0 fully saturated rings. The van der Waals surface area contributed by atoms with Crippen molar-refractivity contribution in [3.63, 3.8) is 0 Å². The molecule has 0 radical (unpaired) electrons. The molecule has 25 heavy (non-hydrogen) atoms. The van der Waals surface area contributed by atoms with E-state index in [0.717, 1.165) is 0 Å². The molecule has 8 heteroatoms. The van der Waals surface area contributed by atoms with Gasteiger partial charge in [0.15, 0.2) is 0 Å². The fourth-order valence-electron chi connectivity index (χ4n) is 2.24. The molecule has 2 aromatic carbocycles. The van der Waals surface area contributed by atoms with Crippen molar-refractivity contribution in [2.45, 2.75) is 0 Å². The van der Waals surface area contributed by atoms with E-state index in [1.165, 1.54) is 23.1 Å². The number of benzene rings is 2. The number of nitriles is 1. The van der Waals surface area contributed by atoms with Crippen molar-refractivity contribution in [3.8, 4) is 11.8 Å². The maximum absolute atomic E-state index is 12.1. The monoisotopic (exact) mass is 340 g/mol. The van der Waals surface area contributed by atoms with Gasteiger partial charge in [0.1, 0.15) is 11.4 Å². The molecular formula is C17H16N4O4. The number of likely N-dealkylation sites (N-methyl/N-ethyl adjacent to an activating group) is 1. The van der Waals surface area contributed by atoms with E-state index in [1.807, 2.05) is 6.07 Å². The molecule has 0 aliphatic rings. The van der Waals surface area contributed by atoms with Crippen LogP contribution in [0.5, 0.6) is 5.75 Å². The molecule has 0 aromatic heterocycles. The van der Waals surface area contributed by atoms with E-state index in [9.17, 15) is 14.9 Å². The average molecular weight is 340 g/mol. The molecule has 0 spiro atoms. The van der Waals surface area contributed by atoms with E-state index >= 15 is 0 Å². The Bertz CT molecular complexity index is 828. The van der Waals surface area contributed by atoms with Crippen LogP contribution in [0.15, 0.2) is 42.5 Å². The number of amides is 1. The van der Waals surface area contributed by atoms with Crippen LogP contribution in [0, 0.1) is 21.4 Å². The zero-order valence-electron chi connectivity index (χ0n) is 13.7. The highest BCUT2D eigenvalue weighted by Crippen LogP contribution is 2.28. The third-order valence-corrected chi connectivity index (χ3v) is 3.47. The van der Waals surface area contributed by atoms with Crippen molar-refractivity contribution in [1.29, 1.82) is 5.26 Å². The number of hydrogen-bond donors (Lipinski definition) is 1. The van der Waals surface area contributed by atoms with Crippen molar-refractivity contribution >= 4 is 23.0 Å². The molecule has 0 atom stereocenters. The normalized spacial score (nSPS) is 9.80. The number of carbonyl (C=O) groups excluding carboxylic acids is 1. The van der Waals surface area contributed by atoms with Gasteiger partial charge in [-0.05, 0) is 36.4 Å². The van der Waals surface area contributed by atoms with Crippen molar-refractivity contribution in [3.05, 3.63) is 58.1 Å². The summed E-state index contributed by atoms with van der Waals surface area (Å²) < 4.78 is 5.04. The summed E-state index contributed by atoms with van der Waals surface area (Å²) in [6, 6.07) is 12.8. The van der Waals surface area contributed by atoms with E-state index in [2.05, 4.69) is 5.32 Å². The highest BCUT2D eigenvalue weighted by molar-refractivity contribution is 5.94. The number of nitro benzene ring substituents is 1. The molecule has 0 heterocycles. The summed E-state index contributed by atoms with van der Waals surface area (Å²) in [5.41, 5.74) is 0.813. The van der Waals surface area contributed by atoms with Crippen LogP contribution in [-0.4, -0.2) is 31.5 Å². The molecule has 0 saturated carbocycles. The molecule has 8 nitrogen and oxygen atoms in total. The first-order valence-electron chi connectivity index (χ1n) is 7.28. The Morgan fingerprint density at radius 2 is 2.00 bits per heavy atom. The smallest absolute Gasteiger partial charge is 0.293 e. The second kappa shape index (κ2) is 7.79. The second-order valence-corrected chi connectivity index (χ2v) is 5.21. The minimum Gasteiger partial charge on any atom is -0.497 e. The molecule has 0 bridgehead atoms. The summed E-state index contributed by atoms with van der Waals surface area (Å²) in [5.74, 6) is 0.342. The minimum absolute atomic E-state index is 0.0846. The van der Waals surface area contributed by atoms with E-state index in [0.29, 0.717) is 11.4 Å². The number of anilines is 2. The number of carbonyl (C=O) groups is 1. The van der Waals surface area contributed by atoms with Gasteiger partial charge in [0.2, 0.25) is 5.91 Å². The fraction of sp³-hybridized carbons (Fsp3) is 0.176. The second-order valence-electron chi connectivity index (χ2n) is 5.21.